The molecule has 0 radical (unpaired) electrons. The molecule has 0 unspecified atom stereocenters. The van der Waals surface area contributed by atoms with Crippen molar-refractivity contribution >= 4 is 6.03 Å². The summed E-state index contributed by atoms with van der Waals surface area (Å²) in [6.45, 7) is 4.48. The minimum atomic E-state index is -0.199. The van der Waals surface area contributed by atoms with Gasteiger partial charge in [0, 0.05) is 31.9 Å². The van der Waals surface area contributed by atoms with Crippen molar-refractivity contribution in [1.82, 2.24) is 20.2 Å². The highest BCUT2D eigenvalue weighted by atomic mass is 16.5. The predicted octanol–water partition coefficient (Wildman–Crippen LogP) is 2.10. The average molecular weight is 330 g/mol. The predicted molar refractivity (Wildman–Crippen MR) is 89.2 cm³/mol. The van der Waals surface area contributed by atoms with Gasteiger partial charge < -0.3 is 24.7 Å². The third-order valence-corrected chi connectivity index (χ3v) is 3.83. The molecule has 1 aliphatic rings. The number of imidazole rings is 1. The van der Waals surface area contributed by atoms with Crippen LogP contribution in [-0.2, 0) is 6.54 Å². The minimum Gasteiger partial charge on any atom is -0.490 e. The minimum absolute atomic E-state index is 0.129. The van der Waals surface area contributed by atoms with Gasteiger partial charge in [-0.15, -0.1) is 0 Å². The summed E-state index contributed by atoms with van der Waals surface area (Å²) in [5.41, 5.74) is 0.976. The van der Waals surface area contributed by atoms with Gasteiger partial charge in [0.2, 0.25) is 0 Å². The number of aromatic nitrogens is 2. The van der Waals surface area contributed by atoms with Gasteiger partial charge in [-0.1, -0.05) is 6.07 Å². The number of nitrogens with zero attached hydrogens (tertiary/aromatic N) is 2. The molecule has 128 valence electrons. The summed E-state index contributed by atoms with van der Waals surface area (Å²) in [4.78, 5) is 16.0. The Morgan fingerprint density at radius 3 is 2.96 bits per heavy atom. The van der Waals surface area contributed by atoms with Crippen LogP contribution in [0.15, 0.2) is 36.9 Å². The fourth-order valence-corrected chi connectivity index (χ4v) is 2.50. The molecule has 0 saturated heterocycles. The fraction of sp³-hybridized carbons (Fsp3) is 0.412. The standard InChI is InChI=1S/C17H22N4O3/c1-13(20-17(22)19-6-8-21-7-5-18-12-21)14-3-4-15-16(11-14)24-10-2-9-23-15/h3-5,7,11-13H,2,6,8-10H2,1H3,(H2,19,20,22)/t13-/m1/s1. The number of nitrogens with one attached hydrogen (secondary N) is 2. The maximum atomic E-state index is 12.0. The van der Waals surface area contributed by atoms with Crippen molar-refractivity contribution in [3.8, 4) is 11.5 Å². The van der Waals surface area contributed by atoms with E-state index in [4.69, 9.17) is 9.47 Å². The first kappa shape index (κ1) is 16.2. The Morgan fingerprint density at radius 1 is 1.33 bits per heavy atom. The Bertz CT molecular complexity index is 672. The Hall–Kier alpha value is -2.70. The van der Waals surface area contributed by atoms with Gasteiger partial charge in [-0.2, -0.15) is 0 Å². The number of urea groups is 1. The van der Waals surface area contributed by atoms with Crippen molar-refractivity contribution in [2.75, 3.05) is 19.8 Å². The molecule has 0 spiro atoms. The van der Waals surface area contributed by atoms with Gasteiger partial charge in [0.25, 0.3) is 0 Å². The van der Waals surface area contributed by atoms with Crippen molar-refractivity contribution in [1.29, 1.82) is 0 Å². The molecule has 0 saturated carbocycles. The van der Waals surface area contributed by atoms with Crippen LogP contribution in [0.25, 0.3) is 0 Å². The third-order valence-electron chi connectivity index (χ3n) is 3.83. The second-order valence-electron chi connectivity index (χ2n) is 5.68. The van der Waals surface area contributed by atoms with E-state index in [2.05, 4.69) is 15.6 Å². The lowest BCUT2D eigenvalue weighted by Gasteiger charge is -2.17. The topological polar surface area (TPSA) is 77.4 Å². The monoisotopic (exact) mass is 330 g/mol. The van der Waals surface area contributed by atoms with Crippen LogP contribution in [0.3, 0.4) is 0 Å². The van der Waals surface area contributed by atoms with Crippen molar-refractivity contribution in [2.24, 2.45) is 0 Å². The van der Waals surface area contributed by atoms with Crippen LogP contribution in [0.4, 0.5) is 4.79 Å². The average Bonchev–Trinajstić information content (AvgIpc) is 2.98. The first-order valence-electron chi connectivity index (χ1n) is 8.12. The largest absolute Gasteiger partial charge is 0.490 e. The zero-order chi connectivity index (χ0) is 16.8. The van der Waals surface area contributed by atoms with Crippen molar-refractivity contribution in [3.63, 3.8) is 0 Å². The first-order chi connectivity index (χ1) is 11.7. The highest BCUT2D eigenvalue weighted by Crippen LogP contribution is 2.32. The molecular formula is C17H22N4O3. The molecule has 2 heterocycles. The summed E-state index contributed by atoms with van der Waals surface area (Å²) < 4.78 is 13.2. The van der Waals surface area contributed by atoms with E-state index in [1.165, 1.54) is 0 Å². The molecule has 1 aromatic heterocycles. The van der Waals surface area contributed by atoms with Gasteiger partial charge >= 0.3 is 6.03 Å². The molecular weight excluding hydrogens is 308 g/mol. The summed E-state index contributed by atoms with van der Waals surface area (Å²) in [6, 6.07) is 5.44. The second kappa shape index (κ2) is 7.72. The van der Waals surface area contributed by atoms with E-state index < -0.39 is 0 Å². The molecule has 0 bridgehead atoms. The molecule has 2 amide bonds. The number of ether oxygens (including phenoxy) is 2. The summed E-state index contributed by atoms with van der Waals surface area (Å²) in [7, 11) is 0. The molecule has 7 heteroatoms. The van der Waals surface area contributed by atoms with Crippen molar-refractivity contribution < 1.29 is 14.3 Å². The lowest BCUT2D eigenvalue weighted by atomic mass is 10.1. The molecule has 1 atom stereocenters. The maximum Gasteiger partial charge on any atom is 0.315 e. The molecule has 1 aromatic carbocycles. The van der Waals surface area contributed by atoms with Crippen molar-refractivity contribution in [2.45, 2.75) is 25.9 Å². The molecule has 2 aromatic rings. The number of fused-ring (bicyclic) bond motifs is 1. The Kier molecular flexibility index (Phi) is 5.20. The van der Waals surface area contributed by atoms with Gasteiger partial charge in [0.1, 0.15) is 0 Å². The lowest BCUT2D eigenvalue weighted by Crippen LogP contribution is -2.38. The lowest BCUT2D eigenvalue weighted by molar-refractivity contribution is 0.237. The van der Waals surface area contributed by atoms with Gasteiger partial charge in [-0.25, -0.2) is 9.78 Å². The highest BCUT2D eigenvalue weighted by Gasteiger charge is 2.15. The van der Waals surface area contributed by atoms with E-state index in [0.717, 1.165) is 23.5 Å². The zero-order valence-electron chi connectivity index (χ0n) is 13.7. The summed E-state index contributed by atoms with van der Waals surface area (Å²) in [5.74, 6) is 1.49. The highest BCUT2D eigenvalue weighted by molar-refractivity contribution is 5.74. The third kappa shape index (κ3) is 4.18. The SMILES string of the molecule is C[C@@H](NC(=O)NCCn1ccnc1)c1ccc2c(c1)OCCCO2. The molecule has 24 heavy (non-hydrogen) atoms. The molecule has 0 fully saturated rings. The van der Waals surface area contributed by atoms with E-state index in [1.54, 1.807) is 12.5 Å². The van der Waals surface area contributed by atoms with E-state index in [9.17, 15) is 4.79 Å². The zero-order valence-corrected chi connectivity index (χ0v) is 13.7. The van der Waals surface area contributed by atoms with E-state index in [0.29, 0.717) is 26.3 Å². The molecule has 3 rings (SSSR count). The first-order valence-corrected chi connectivity index (χ1v) is 8.12. The van der Waals surface area contributed by atoms with Gasteiger partial charge in [-0.05, 0) is 24.6 Å². The smallest absolute Gasteiger partial charge is 0.315 e. The number of hydrogen-bond donors (Lipinski definition) is 2. The second-order valence-corrected chi connectivity index (χ2v) is 5.68. The van der Waals surface area contributed by atoms with Crippen LogP contribution in [0, 0.1) is 0 Å². The van der Waals surface area contributed by atoms with Gasteiger partial charge in [0.05, 0.1) is 25.6 Å². The van der Waals surface area contributed by atoms with E-state index in [1.807, 2.05) is 35.9 Å². The van der Waals surface area contributed by atoms with Gasteiger partial charge in [-0.3, -0.25) is 0 Å². The fourth-order valence-electron chi connectivity index (χ4n) is 2.50. The van der Waals surface area contributed by atoms with Gasteiger partial charge in [0.15, 0.2) is 11.5 Å². The number of hydrogen-bond acceptors (Lipinski definition) is 4. The number of rotatable bonds is 5. The Balaban J connectivity index is 1.51. The quantitative estimate of drug-likeness (QED) is 0.880. The number of amides is 2. The molecule has 1 aliphatic heterocycles. The Morgan fingerprint density at radius 2 is 2.17 bits per heavy atom. The Labute approximate surface area is 141 Å². The summed E-state index contributed by atoms with van der Waals surface area (Å²) in [6.07, 6.45) is 6.17. The normalized spacial score (nSPS) is 14.5. The molecule has 7 nitrogen and oxygen atoms in total. The summed E-state index contributed by atoms with van der Waals surface area (Å²) >= 11 is 0. The number of carbonyl (C=O) groups excluding carboxylic acids is 1. The van der Waals surface area contributed by atoms with Crippen molar-refractivity contribution in [3.05, 3.63) is 42.5 Å². The van der Waals surface area contributed by atoms with Crippen LogP contribution in [0.5, 0.6) is 11.5 Å². The molecule has 2 N–H and O–H groups in total. The number of benzene rings is 1. The number of carbonyl (C=O) groups is 1. The van der Waals surface area contributed by atoms with Crippen LogP contribution < -0.4 is 20.1 Å². The van der Waals surface area contributed by atoms with Crippen LogP contribution in [-0.4, -0.2) is 35.3 Å². The van der Waals surface area contributed by atoms with Crippen LogP contribution in [0.1, 0.15) is 24.9 Å². The summed E-state index contributed by atoms with van der Waals surface area (Å²) in [5, 5.41) is 5.77. The van der Waals surface area contributed by atoms with E-state index >= 15 is 0 Å². The van der Waals surface area contributed by atoms with Crippen LogP contribution in [0.2, 0.25) is 0 Å². The molecule has 0 aliphatic carbocycles. The van der Waals surface area contributed by atoms with E-state index in [-0.39, 0.29) is 12.1 Å². The maximum absolute atomic E-state index is 12.0. The van der Waals surface area contributed by atoms with Crippen LogP contribution >= 0.6 is 0 Å².